The molecule has 1 N–H and O–H groups in total. The van der Waals surface area contributed by atoms with Crippen molar-refractivity contribution in [3.05, 3.63) is 20.9 Å². The van der Waals surface area contributed by atoms with Crippen LogP contribution < -0.4 is 5.09 Å². The van der Waals surface area contributed by atoms with Gasteiger partial charge in [0.15, 0.2) is 0 Å². The Labute approximate surface area is 96.3 Å². The van der Waals surface area contributed by atoms with Gasteiger partial charge in [0.1, 0.15) is 5.82 Å². The highest BCUT2D eigenvalue weighted by Gasteiger charge is 2.01. The second-order valence-corrected chi connectivity index (χ2v) is 3.82. The zero-order chi connectivity index (χ0) is 10.4. The minimum atomic E-state index is 0.929. The van der Waals surface area contributed by atoms with Crippen molar-refractivity contribution in [1.82, 2.24) is 4.98 Å². The van der Waals surface area contributed by atoms with E-state index in [-0.39, 0.29) is 0 Å². The fraction of sp³-hybridized carbons (Fsp3) is 0.444. The summed E-state index contributed by atoms with van der Waals surface area (Å²) in [7, 11) is 2.45. The third kappa shape index (κ3) is 3.77. The molecular formula is C9H16IN2P. The predicted octanol–water partition coefficient (Wildman–Crippen LogP) is 3.53. The van der Waals surface area contributed by atoms with Gasteiger partial charge in [0.2, 0.25) is 0 Å². The lowest BCUT2D eigenvalue weighted by Crippen LogP contribution is -1.94. The standard InChI is InChI=1S/C7H10IN2P.C2H6/c1-4-3-6(8)7(10-11)9-5(4)2;1-2/h3H,11H2,1-2H3,(H,9,10);1-2H3. The highest BCUT2D eigenvalue weighted by atomic mass is 127. The van der Waals surface area contributed by atoms with Gasteiger partial charge in [-0.15, -0.1) is 0 Å². The van der Waals surface area contributed by atoms with E-state index in [2.05, 4.69) is 55.0 Å². The van der Waals surface area contributed by atoms with Crippen LogP contribution in [0.4, 0.5) is 5.82 Å². The Bertz CT molecular complexity index is 277. The van der Waals surface area contributed by atoms with Gasteiger partial charge in [0.05, 0.1) is 3.57 Å². The summed E-state index contributed by atoms with van der Waals surface area (Å²) in [4.78, 5) is 4.35. The van der Waals surface area contributed by atoms with Gasteiger partial charge in [-0.3, -0.25) is 0 Å². The molecule has 0 saturated carbocycles. The molecular weight excluding hydrogens is 294 g/mol. The molecule has 0 radical (unpaired) electrons. The molecule has 0 bridgehead atoms. The second-order valence-electron chi connectivity index (χ2n) is 2.37. The molecule has 0 amide bonds. The monoisotopic (exact) mass is 310 g/mol. The van der Waals surface area contributed by atoms with Crippen molar-refractivity contribution in [1.29, 1.82) is 0 Å². The van der Waals surface area contributed by atoms with Crippen molar-refractivity contribution in [2.75, 3.05) is 5.09 Å². The molecule has 4 heteroatoms. The lowest BCUT2D eigenvalue weighted by atomic mass is 10.2. The van der Waals surface area contributed by atoms with Crippen molar-refractivity contribution in [2.24, 2.45) is 0 Å². The van der Waals surface area contributed by atoms with Gasteiger partial charge >= 0.3 is 0 Å². The molecule has 0 fully saturated rings. The lowest BCUT2D eigenvalue weighted by molar-refractivity contribution is 1.15. The molecule has 1 unspecified atom stereocenters. The first-order valence-electron chi connectivity index (χ1n) is 4.25. The maximum absolute atomic E-state index is 4.35. The zero-order valence-electron chi connectivity index (χ0n) is 8.48. The third-order valence-electron chi connectivity index (χ3n) is 1.56. The minimum Gasteiger partial charge on any atom is -0.354 e. The minimum absolute atomic E-state index is 0.929. The maximum atomic E-state index is 4.35. The summed E-state index contributed by atoms with van der Waals surface area (Å²) in [6, 6.07) is 2.12. The summed E-state index contributed by atoms with van der Waals surface area (Å²) in [6.45, 7) is 8.08. The van der Waals surface area contributed by atoms with Crippen LogP contribution in [0.5, 0.6) is 0 Å². The van der Waals surface area contributed by atoms with Gasteiger partial charge in [-0.05, 0) is 57.5 Å². The molecule has 1 atom stereocenters. The quantitative estimate of drug-likeness (QED) is 0.634. The van der Waals surface area contributed by atoms with Gasteiger partial charge in [-0.2, -0.15) is 0 Å². The van der Waals surface area contributed by atoms with Crippen LogP contribution in [-0.4, -0.2) is 4.98 Å². The normalized spacial score (nSPS) is 8.77. The molecule has 1 heterocycles. The van der Waals surface area contributed by atoms with Crippen molar-refractivity contribution in [2.45, 2.75) is 27.7 Å². The number of nitrogens with zero attached hydrogens (tertiary/aromatic N) is 1. The van der Waals surface area contributed by atoms with Gasteiger partial charge < -0.3 is 5.09 Å². The van der Waals surface area contributed by atoms with E-state index in [0.717, 1.165) is 15.1 Å². The molecule has 0 aliphatic rings. The van der Waals surface area contributed by atoms with E-state index in [9.17, 15) is 0 Å². The Hall–Kier alpha value is 0.110. The van der Waals surface area contributed by atoms with E-state index >= 15 is 0 Å². The van der Waals surface area contributed by atoms with Gasteiger partial charge in [-0.1, -0.05) is 13.8 Å². The first-order chi connectivity index (χ1) is 6.15. The van der Waals surface area contributed by atoms with Crippen LogP contribution in [0.3, 0.4) is 0 Å². The maximum Gasteiger partial charge on any atom is 0.142 e. The second kappa shape index (κ2) is 6.55. The molecule has 1 aromatic heterocycles. The van der Waals surface area contributed by atoms with E-state index in [0.29, 0.717) is 0 Å². The summed E-state index contributed by atoms with van der Waals surface area (Å²) in [5, 5.41) is 2.96. The van der Waals surface area contributed by atoms with E-state index < -0.39 is 0 Å². The predicted molar refractivity (Wildman–Crippen MR) is 71.1 cm³/mol. The molecule has 13 heavy (non-hydrogen) atoms. The lowest BCUT2D eigenvalue weighted by Gasteiger charge is -2.05. The molecule has 2 nitrogen and oxygen atoms in total. The average molecular weight is 310 g/mol. The number of aromatic nitrogens is 1. The van der Waals surface area contributed by atoms with Gasteiger partial charge in [0.25, 0.3) is 0 Å². The fourth-order valence-corrected chi connectivity index (χ4v) is 2.03. The molecule has 1 aromatic rings. The van der Waals surface area contributed by atoms with Crippen molar-refractivity contribution < 1.29 is 0 Å². The molecule has 0 aromatic carbocycles. The van der Waals surface area contributed by atoms with E-state index in [1.165, 1.54) is 5.56 Å². The molecule has 0 aliphatic heterocycles. The summed E-state index contributed by atoms with van der Waals surface area (Å²) in [6.07, 6.45) is 0. The molecule has 0 saturated heterocycles. The zero-order valence-corrected chi connectivity index (χ0v) is 11.8. The Kier molecular flexibility index (Phi) is 6.60. The number of hydrogen-bond acceptors (Lipinski definition) is 2. The highest BCUT2D eigenvalue weighted by molar-refractivity contribution is 14.1. The first kappa shape index (κ1) is 13.1. The fourth-order valence-electron chi connectivity index (χ4n) is 0.773. The summed E-state index contributed by atoms with van der Waals surface area (Å²) in [5.74, 6) is 0.929. The largest absolute Gasteiger partial charge is 0.354 e. The van der Waals surface area contributed by atoms with Crippen LogP contribution in [0.25, 0.3) is 0 Å². The van der Waals surface area contributed by atoms with Crippen LogP contribution in [-0.2, 0) is 0 Å². The van der Waals surface area contributed by atoms with Crippen LogP contribution in [0.1, 0.15) is 25.1 Å². The molecule has 74 valence electrons. The summed E-state index contributed by atoms with van der Waals surface area (Å²) in [5.41, 5.74) is 2.31. The van der Waals surface area contributed by atoms with Crippen molar-refractivity contribution >= 4 is 37.8 Å². The van der Waals surface area contributed by atoms with Crippen LogP contribution >= 0.6 is 32.0 Å². The summed E-state index contributed by atoms with van der Waals surface area (Å²) >= 11 is 2.26. The number of anilines is 1. The Morgan fingerprint density at radius 3 is 2.38 bits per heavy atom. The van der Waals surface area contributed by atoms with Crippen LogP contribution in [0, 0.1) is 17.4 Å². The average Bonchev–Trinajstić information content (AvgIpc) is 2.15. The number of pyridine rings is 1. The van der Waals surface area contributed by atoms with E-state index in [4.69, 9.17) is 0 Å². The molecule has 0 aliphatic carbocycles. The van der Waals surface area contributed by atoms with Gasteiger partial charge in [-0.25, -0.2) is 4.98 Å². The van der Waals surface area contributed by atoms with Crippen LogP contribution in [0.2, 0.25) is 0 Å². The highest BCUT2D eigenvalue weighted by Crippen LogP contribution is 2.19. The number of rotatable bonds is 1. The molecule has 1 rings (SSSR count). The number of aryl methyl sites for hydroxylation is 2. The SMILES string of the molecule is CC.Cc1cc(I)c(NP)nc1C. The third-order valence-corrected chi connectivity index (χ3v) is 2.65. The first-order valence-corrected chi connectivity index (χ1v) is 5.91. The van der Waals surface area contributed by atoms with Gasteiger partial charge in [0, 0.05) is 5.69 Å². The Balaban J connectivity index is 0.000000671. The smallest absolute Gasteiger partial charge is 0.142 e. The number of hydrogen-bond donors (Lipinski definition) is 1. The number of nitrogens with one attached hydrogen (secondary N) is 1. The summed E-state index contributed by atoms with van der Waals surface area (Å²) < 4.78 is 1.15. The van der Waals surface area contributed by atoms with E-state index in [1.54, 1.807) is 0 Å². The van der Waals surface area contributed by atoms with Crippen molar-refractivity contribution in [3.63, 3.8) is 0 Å². The molecule has 0 spiro atoms. The van der Waals surface area contributed by atoms with E-state index in [1.807, 2.05) is 20.8 Å². The number of halogens is 1. The Morgan fingerprint density at radius 2 is 1.92 bits per heavy atom. The van der Waals surface area contributed by atoms with Crippen LogP contribution in [0.15, 0.2) is 6.07 Å². The topological polar surface area (TPSA) is 24.9 Å². The Morgan fingerprint density at radius 1 is 1.38 bits per heavy atom. The van der Waals surface area contributed by atoms with Crippen molar-refractivity contribution in [3.8, 4) is 0 Å².